The number of hydrogen-bond acceptors (Lipinski definition) is 5. The molecular formula is C24H26BrN3O4. The quantitative estimate of drug-likeness (QED) is 0.496. The van der Waals surface area contributed by atoms with Gasteiger partial charge in [0.15, 0.2) is 18.1 Å². The van der Waals surface area contributed by atoms with Crippen LogP contribution in [0.25, 0.3) is 22.3 Å². The Kier molecular flexibility index (Phi) is 7.09. The minimum absolute atomic E-state index is 0.0976. The predicted octanol–water partition coefficient (Wildman–Crippen LogP) is 4.58. The van der Waals surface area contributed by atoms with E-state index in [0.717, 1.165) is 25.7 Å². The van der Waals surface area contributed by atoms with Gasteiger partial charge in [-0.15, -0.1) is 0 Å². The van der Waals surface area contributed by atoms with Crippen molar-refractivity contribution >= 4 is 32.7 Å². The average Bonchev–Trinajstić information content (AvgIpc) is 2.79. The summed E-state index contributed by atoms with van der Waals surface area (Å²) in [5, 5.41) is 3.58. The number of nitrogens with zero attached hydrogens (tertiary/aromatic N) is 1. The van der Waals surface area contributed by atoms with E-state index in [1.54, 1.807) is 30.3 Å². The highest BCUT2D eigenvalue weighted by atomic mass is 79.9. The van der Waals surface area contributed by atoms with Gasteiger partial charge in [-0.25, -0.2) is 4.98 Å². The second-order valence-electron chi connectivity index (χ2n) is 7.84. The first-order valence-corrected chi connectivity index (χ1v) is 11.7. The fourth-order valence-corrected chi connectivity index (χ4v) is 4.54. The maximum Gasteiger partial charge on any atom is 0.259 e. The standard InChI is InChI=1S/C24H26BrN3O4/c1-2-31-20-13-15(23-27-19-11-7-6-10-17(19)24(30)28-23)12-18(25)22(20)32-14-21(29)26-16-8-4-3-5-9-16/h6-7,10-13,16H,2-5,8-9,14H2,1H3,(H,26,29)(H,27,28,30). The predicted molar refractivity (Wildman–Crippen MR) is 127 cm³/mol. The number of nitrogens with one attached hydrogen (secondary N) is 2. The minimum Gasteiger partial charge on any atom is -0.490 e. The molecule has 1 aliphatic rings. The molecule has 0 bridgehead atoms. The van der Waals surface area contributed by atoms with E-state index >= 15 is 0 Å². The summed E-state index contributed by atoms with van der Waals surface area (Å²) in [7, 11) is 0. The molecule has 168 valence electrons. The Morgan fingerprint density at radius 3 is 2.75 bits per heavy atom. The number of aromatic nitrogens is 2. The molecule has 0 unspecified atom stereocenters. The lowest BCUT2D eigenvalue weighted by atomic mass is 9.95. The fraction of sp³-hybridized carbons (Fsp3) is 0.375. The van der Waals surface area contributed by atoms with Gasteiger partial charge >= 0.3 is 0 Å². The Bertz CT molecular complexity index is 1170. The molecule has 32 heavy (non-hydrogen) atoms. The molecule has 7 nitrogen and oxygen atoms in total. The van der Waals surface area contributed by atoms with E-state index in [0.29, 0.717) is 44.9 Å². The normalized spacial score (nSPS) is 14.3. The maximum atomic E-state index is 12.5. The van der Waals surface area contributed by atoms with Crippen LogP contribution < -0.4 is 20.3 Å². The molecule has 1 heterocycles. The number of amides is 1. The number of ether oxygens (including phenoxy) is 2. The van der Waals surface area contributed by atoms with E-state index in [1.165, 1.54) is 6.42 Å². The fourth-order valence-electron chi connectivity index (χ4n) is 3.98. The van der Waals surface area contributed by atoms with Crippen LogP contribution in [0, 0.1) is 0 Å². The topological polar surface area (TPSA) is 93.3 Å². The van der Waals surface area contributed by atoms with Crippen molar-refractivity contribution in [3.8, 4) is 22.9 Å². The molecule has 0 spiro atoms. The van der Waals surface area contributed by atoms with Crippen LogP contribution in [0.1, 0.15) is 39.0 Å². The first-order chi connectivity index (χ1) is 15.5. The van der Waals surface area contributed by atoms with Gasteiger partial charge < -0.3 is 19.8 Å². The Morgan fingerprint density at radius 2 is 1.97 bits per heavy atom. The van der Waals surface area contributed by atoms with Crippen molar-refractivity contribution in [2.24, 2.45) is 0 Å². The Hall–Kier alpha value is -2.87. The van der Waals surface area contributed by atoms with Gasteiger partial charge in [0.25, 0.3) is 11.5 Å². The molecule has 1 saturated carbocycles. The third kappa shape index (κ3) is 5.12. The smallest absolute Gasteiger partial charge is 0.259 e. The van der Waals surface area contributed by atoms with Gasteiger partial charge in [-0.05, 0) is 60.0 Å². The number of fused-ring (bicyclic) bond motifs is 1. The van der Waals surface area contributed by atoms with Crippen LogP contribution >= 0.6 is 15.9 Å². The van der Waals surface area contributed by atoms with Crippen molar-refractivity contribution in [3.63, 3.8) is 0 Å². The molecule has 3 aromatic rings. The number of hydrogen-bond donors (Lipinski definition) is 2. The number of aromatic amines is 1. The van der Waals surface area contributed by atoms with Gasteiger partial charge in [-0.1, -0.05) is 31.4 Å². The zero-order valence-electron chi connectivity index (χ0n) is 17.9. The lowest BCUT2D eigenvalue weighted by Gasteiger charge is -2.23. The molecular weight excluding hydrogens is 474 g/mol. The summed E-state index contributed by atoms with van der Waals surface area (Å²) in [5.74, 6) is 1.20. The van der Waals surface area contributed by atoms with E-state index in [1.807, 2.05) is 13.0 Å². The number of carbonyl (C=O) groups excluding carboxylic acids is 1. The second kappa shape index (κ2) is 10.2. The van der Waals surface area contributed by atoms with Gasteiger partial charge in [0.2, 0.25) is 0 Å². The third-order valence-electron chi connectivity index (χ3n) is 5.51. The number of rotatable bonds is 7. The van der Waals surface area contributed by atoms with Crippen molar-refractivity contribution in [1.82, 2.24) is 15.3 Å². The van der Waals surface area contributed by atoms with E-state index in [2.05, 4.69) is 31.2 Å². The zero-order valence-corrected chi connectivity index (χ0v) is 19.5. The van der Waals surface area contributed by atoms with E-state index < -0.39 is 0 Å². The van der Waals surface area contributed by atoms with Crippen LogP contribution in [0.15, 0.2) is 45.7 Å². The molecule has 8 heteroatoms. The van der Waals surface area contributed by atoms with Gasteiger partial charge in [0.05, 0.1) is 22.0 Å². The summed E-state index contributed by atoms with van der Waals surface area (Å²) in [4.78, 5) is 32.3. The molecule has 1 amide bonds. The summed E-state index contributed by atoms with van der Waals surface area (Å²) in [6, 6.07) is 11.0. The van der Waals surface area contributed by atoms with Crippen LogP contribution in [-0.2, 0) is 4.79 Å². The second-order valence-corrected chi connectivity index (χ2v) is 8.70. The van der Waals surface area contributed by atoms with Crippen molar-refractivity contribution in [2.45, 2.75) is 45.1 Å². The van der Waals surface area contributed by atoms with Crippen LogP contribution in [0.5, 0.6) is 11.5 Å². The van der Waals surface area contributed by atoms with E-state index in [9.17, 15) is 9.59 Å². The van der Waals surface area contributed by atoms with Gasteiger partial charge in [0, 0.05) is 11.6 Å². The summed E-state index contributed by atoms with van der Waals surface area (Å²) in [6.07, 6.45) is 5.57. The summed E-state index contributed by atoms with van der Waals surface area (Å²) in [5.41, 5.74) is 1.07. The molecule has 0 saturated heterocycles. The molecule has 0 aliphatic heterocycles. The van der Waals surface area contributed by atoms with Crippen molar-refractivity contribution < 1.29 is 14.3 Å². The highest BCUT2D eigenvalue weighted by molar-refractivity contribution is 9.10. The van der Waals surface area contributed by atoms with Crippen LogP contribution in [-0.4, -0.2) is 35.1 Å². The lowest BCUT2D eigenvalue weighted by Crippen LogP contribution is -2.39. The van der Waals surface area contributed by atoms with Gasteiger partial charge in [-0.3, -0.25) is 9.59 Å². The van der Waals surface area contributed by atoms with Crippen LogP contribution in [0.3, 0.4) is 0 Å². The average molecular weight is 500 g/mol. The molecule has 0 atom stereocenters. The van der Waals surface area contributed by atoms with Crippen molar-refractivity contribution in [1.29, 1.82) is 0 Å². The first-order valence-electron chi connectivity index (χ1n) is 10.9. The third-order valence-corrected chi connectivity index (χ3v) is 6.10. The maximum absolute atomic E-state index is 12.5. The van der Waals surface area contributed by atoms with Gasteiger partial charge in [0.1, 0.15) is 5.82 Å². The molecule has 4 rings (SSSR count). The highest BCUT2D eigenvalue weighted by Crippen LogP contribution is 2.39. The Morgan fingerprint density at radius 1 is 1.19 bits per heavy atom. The lowest BCUT2D eigenvalue weighted by molar-refractivity contribution is -0.124. The monoisotopic (exact) mass is 499 g/mol. The number of carbonyl (C=O) groups is 1. The number of H-pyrrole nitrogens is 1. The van der Waals surface area contributed by atoms with Crippen LogP contribution in [0.2, 0.25) is 0 Å². The molecule has 1 aliphatic carbocycles. The van der Waals surface area contributed by atoms with Crippen molar-refractivity contribution in [3.05, 3.63) is 51.2 Å². The SMILES string of the molecule is CCOc1cc(-c2nc3ccccc3c(=O)[nH]2)cc(Br)c1OCC(=O)NC1CCCCC1. The first kappa shape index (κ1) is 22.3. The number of benzene rings is 2. The Labute approximate surface area is 194 Å². The van der Waals surface area contributed by atoms with Gasteiger partial charge in [-0.2, -0.15) is 0 Å². The largest absolute Gasteiger partial charge is 0.490 e. The summed E-state index contributed by atoms with van der Waals surface area (Å²) < 4.78 is 12.2. The molecule has 2 N–H and O–H groups in total. The molecule has 2 aromatic carbocycles. The van der Waals surface area contributed by atoms with Crippen molar-refractivity contribution in [2.75, 3.05) is 13.2 Å². The summed E-state index contributed by atoms with van der Waals surface area (Å²) in [6.45, 7) is 2.19. The summed E-state index contributed by atoms with van der Waals surface area (Å²) >= 11 is 3.53. The zero-order chi connectivity index (χ0) is 22.5. The molecule has 0 radical (unpaired) electrons. The molecule has 1 fully saturated rings. The van der Waals surface area contributed by atoms with E-state index in [-0.39, 0.29) is 24.1 Å². The number of para-hydroxylation sites is 1. The van der Waals surface area contributed by atoms with E-state index in [4.69, 9.17) is 9.47 Å². The van der Waals surface area contributed by atoms with Crippen LogP contribution in [0.4, 0.5) is 0 Å². The minimum atomic E-state index is -0.209. The Balaban J connectivity index is 1.57. The highest BCUT2D eigenvalue weighted by Gasteiger charge is 2.19. The number of halogens is 1. The molecule has 1 aromatic heterocycles.